The van der Waals surface area contributed by atoms with E-state index < -0.39 is 97.5 Å². The normalized spacial score (nSPS) is 14.1. The molecule has 0 rings (SSSR count). The van der Waals surface area contributed by atoms with Crippen LogP contribution in [-0.4, -0.2) is 96.7 Å². The highest BCUT2D eigenvalue weighted by Gasteiger charge is 2.30. The fraction of sp³-hybridized carbons (Fsp3) is 0.945. The zero-order valence-electron chi connectivity index (χ0n) is 59.9. The number of phosphoric acid groups is 2. The summed E-state index contributed by atoms with van der Waals surface area (Å²) in [7, 11) is -9.90. The SMILES string of the molecule is CCCCCCCCCCCCCCCC(=O)O[C@H](COC(=O)CCCCCCCCCCCC)COP(=O)(O)OC[C@H](O)COP(=O)(O)OC[C@@H](COC(=O)CCCCCCCCCCCCC(C)C)OC(=O)CCCCCCCCCCCCCCCC(C)C. The number of carbonyl (C=O) groups excluding carboxylic acids is 4. The third kappa shape index (κ3) is 66.7. The Balaban J connectivity index is 5.25. The Hall–Kier alpha value is -1.94. The molecular formula is C73H142O17P2. The van der Waals surface area contributed by atoms with Crippen molar-refractivity contribution >= 4 is 39.5 Å². The van der Waals surface area contributed by atoms with Crippen LogP contribution in [0.3, 0.4) is 0 Å². The maximum absolute atomic E-state index is 13.1. The molecule has 0 aliphatic carbocycles. The van der Waals surface area contributed by atoms with Gasteiger partial charge in [0, 0.05) is 25.7 Å². The Morgan fingerprint density at radius 3 is 0.739 bits per heavy atom. The first-order valence-electron chi connectivity index (χ1n) is 38.0. The number of rotatable bonds is 72. The molecule has 19 heteroatoms. The van der Waals surface area contributed by atoms with Crippen LogP contribution in [0.15, 0.2) is 0 Å². The minimum absolute atomic E-state index is 0.107. The molecule has 0 amide bonds. The third-order valence-corrected chi connectivity index (χ3v) is 18.9. The Morgan fingerprint density at radius 2 is 0.500 bits per heavy atom. The predicted molar refractivity (Wildman–Crippen MR) is 372 cm³/mol. The molecule has 0 saturated heterocycles. The van der Waals surface area contributed by atoms with Crippen LogP contribution in [0.4, 0.5) is 0 Å². The summed E-state index contributed by atoms with van der Waals surface area (Å²) in [4.78, 5) is 72.7. The van der Waals surface area contributed by atoms with E-state index in [1.165, 1.54) is 193 Å². The van der Waals surface area contributed by atoms with E-state index >= 15 is 0 Å². The number of aliphatic hydroxyl groups is 1. The van der Waals surface area contributed by atoms with Gasteiger partial charge in [0.2, 0.25) is 0 Å². The molecule has 0 spiro atoms. The smallest absolute Gasteiger partial charge is 0.462 e. The summed E-state index contributed by atoms with van der Waals surface area (Å²) in [6.45, 7) is 9.58. The number of hydrogen-bond donors (Lipinski definition) is 3. The van der Waals surface area contributed by atoms with E-state index in [4.69, 9.17) is 37.0 Å². The van der Waals surface area contributed by atoms with Crippen molar-refractivity contribution in [1.82, 2.24) is 0 Å². The Kier molecular flexibility index (Phi) is 63.7. The lowest BCUT2D eigenvalue weighted by atomic mass is 10.0. The third-order valence-electron chi connectivity index (χ3n) is 17.0. The van der Waals surface area contributed by atoms with Gasteiger partial charge in [0.1, 0.15) is 19.3 Å². The molecule has 5 atom stereocenters. The van der Waals surface area contributed by atoms with E-state index in [-0.39, 0.29) is 25.7 Å². The van der Waals surface area contributed by atoms with Crippen LogP contribution in [0.2, 0.25) is 0 Å². The summed E-state index contributed by atoms with van der Waals surface area (Å²) in [5, 5.41) is 10.6. The molecular weight excluding hydrogens is 1210 g/mol. The molecule has 0 aliphatic rings. The lowest BCUT2D eigenvalue weighted by Gasteiger charge is -2.21. The van der Waals surface area contributed by atoms with Crippen molar-refractivity contribution in [3.8, 4) is 0 Å². The second-order valence-corrected chi connectivity index (χ2v) is 30.2. The van der Waals surface area contributed by atoms with Crippen molar-refractivity contribution in [1.29, 1.82) is 0 Å². The molecule has 92 heavy (non-hydrogen) atoms. The topological polar surface area (TPSA) is 237 Å². The standard InChI is InChI=1S/C73H142O17P2/c1-7-9-11-13-15-17-19-21-25-33-39-45-51-57-72(77)89-68(61-83-70(75)55-49-43-37-31-18-16-14-12-10-8-2)63-87-91(79,80)85-59-67(74)60-86-92(81,82)88-64-69(62-84-71(76)56-50-44-38-32-28-27-30-36-42-48-54-66(5)6)90-73(78)58-52-46-40-34-26-23-20-22-24-29-35-41-47-53-65(3)4/h65-69,74H,7-64H2,1-6H3,(H,79,80)(H,81,82)/t67-,68+,69+/m0/s1. The molecule has 0 fully saturated rings. The van der Waals surface area contributed by atoms with Crippen LogP contribution in [-0.2, 0) is 65.4 Å². The predicted octanol–water partition coefficient (Wildman–Crippen LogP) is 21.2. The minimum atomic E-state index is -4.95. The van der Waals surface area contributed by atoms with Crippen molar-refractivity contribution < 1.29 is 80.2 Å². The number of ether oxygens (including phenoxy) is 4. The second kappa shape index (κ2) is 65.0. The maximum Gasteiger partial charge on any atom is 0.472 e. The summed E-state index contributed by atoms with van der Waals surface area (Å²) in [6, 6.07) is 0. The second-order valence-electron chi connectivity index (χ2n) is 27.3. The van der Waals surface area contributed by atoms with Crippen LogP contribution >= 0.6 is 15.6 Å². The summed E-state index contributed by atoms with van der Waals surface area (Å²) in [6.07, 6.45) is 51.2. The van der Waals surface area contributed by atoms with E-state index in [2.05, 4.69) is 41.5 Å². The Bertz CT molecular complexity index is 1790. The number of hydrogen-bond acceptors (Lipinski definition) is 15. The van der Waals surface area contributed by atoms with Crippen molar-refractivity contribution in [2.45, 2.75) is 394 Å². The average Bonchev–Trinajstić information content (AvgIpc) is 3.04. The summed E-state index contributed by atoms with van der Waals surface area (Å²) >= 11 is 0. The highest BCUT2D eigenvalue weighted by atomic mass is 31.2. The van der Waals surface area contributed by atoms with E-state index in [1.807, 2.05) is 0 Å². The Morgan fingerprint density at radius 1 is 0.293 bits per heavy atom. The molecule has 0 aromatic heterocycles. The van der Waals surface area contributed by atoms with Gasteiger partial charge in [-0.15, -0.1) is 0 Å². The van der Waals surface area contributed by atoms with Crippen molar-refractivity contribution in [2.75, 3.05) is 39.6 Å². The van der Waals surface area contributed by atoms with E-state index in [0.29, 0.717) is 25.7 Å². The van der Waals surface area contributed by atoms with Gasteiger partial charge in [-0.05, 0) is 37.5 Å². The van der Waals surface area contributed by atoms with E-state index in [1.54, 1.807) is 0 Å². The lowest BCUT2D eigenvalue weighted by molar-refractivity contribution is -0.161. The molecule has 0 aromatic rings. The van der Waals surface area contributed by atoms with Crippen LogP contribution < -0.4 is 0 Å². The number of esters is 4. The largest absolute Gasteiger partial charge is 0.472 e. The van der Waals surface area contributed by atoms with Gasteiger partial charge in [0.25, 0.3) is 0 Å². The van der Waals surface area contributed by atoms with E-state index in [9.17, 15) is 43.2 Å². The molecule has 546 valence electrons. The van der Waals surface area contributed by atoms with Crippen molar-refractivity contribution in [3.05, 3.63) is 0 Å². The first-order chi connectivity index (χ1) is 44.4. The molecule has 0 radical (unpaired) electrons. The molecule has 0 aliphatic heterocycles. The zero-order valence-corrected chi connectivity index (χ0v) is 61.6. The van der Waals surface area contributed by atoms with Crippen molar-refractivity contribution in [3.63, 3.8) is 0 Å². The first kappa shape index (κ1) is 90.1. The maximum atomic E-state index is 13.1. The van der Waals surface area contributed by atoms with Gasteiger partial charge in [-0.1, -0.05) is 324 Å². The Labute approximate surface area is 562 Å². The van der Waals surface area contributed by atoms with Crippen LogP contribution in [0.5, 0.6) is 0 Å². The highest BCUT2D eigenvalue weighted by molar-refractivity contribution is 7.47. The van der Waals surface area contributed by atoms with Crippen LogP contribution in [0.25, 0.3) is 0 Å². The quantitative estimate of drug-likeness (QED) is 0.0222. The summed E-state index contributed by atoms with van der Waals surface area (Å²) in [5.41, 5.74) is 0. The average molecular weight is 1350 g/mol. The molecule has 0 bridgehead atoms. The van der Waals surface area contributed by atoms with Gasteiger partial charge in [-0.2, -0.15) is 0 Å². The van der Waals surface area contributed by atoms with E-state index in [0.717, 1.165) is 102 Å². The number of aliphatic hydroxyl groups excluding tert-OH is 1. The monoisotopic (exact) mass is 1350 g/mol. The van der Waals surface area contributed by atoms with Gasteiger partial charge in [0.15, 0.2) is 12.2 Å². The first-order valence-corrected chi connectivity index (χ1v) is 41.0. The van der Waals surface area contributed by atoms with Gasteiger partial charge < -0.3 is 33.8 Å². The van der Waals surface area contributed by atoms with Gasteiger partial charge in [-0.3, -0.25) is 37.3 Å². The van der Waals surface area contributed by atoms with Gasteiger partial charge >= 0.3 is 39.5 Å². The fourth-order valence-electron chi connectivity index (χ4n) is 11.1. The highest BCUT2D eigenvalue weighted by Crippen LogP contribution is 2.45. The molecule has 0 heterocycles. The lowest BCUT2D eigenvalue weighted by Crippen LogP contribution is -2.30. The summed E-state index contributed by atoms with van der Waals surface area (Å²) < 4.78 is 68.4. The zero-order chi connectivity index (χ0) is 67.9. The number of phosphoric ester groups is 2. The van der Waals surface area contributed by atoms with Crippen molar-refractivity contribution in [2.24, 2.45) is 11.8 Å². The molecule has 3 N–H and O–H groups in total. The minimum Gasteiger partial charge on any atom is -0.462 e. The number of unbranched alkanes of at least 4 members (excludes halogenated alkanes) is 42. The van der Waals surface area contributed by atoms with Crippen LogP contribution in [0.1, 0.15) is 375 Å². The molecule has 2 unspecified atom stereocenters. The van der Waals surface area contributed by atoms with Crippen LogP contribution in [0, 0.1) is 11.8 Å². The fourth-order valence-corrected chi connectivity index (χ4v) is 12.7. The molecule has 0 saturated carbocycles. The number of carbonyl (C=O) groups is 4. The van der Waals surface area contributed by atoms with Gasteiger partial charge in [-0.25, -0.2) is 9.13 Å². The molecule has 0 aromatic carbocycles. The molecule has 17 nitrogen and oxygen atoms in total. The van der Waals surface area contributed by atoms with Gasteiger partial charge in [0.05, 0.1) is 26.4 Å². The summed E-state index contributed by atoms with van der Waals surface area (Å²) in [5.74, 6) is -0.573.